The molecule has 0 aliphatic carbocycles. The molecule has 0 amide bonds. The van der Waals surface area contributed by atoms with Crippen molar-refractivity contribution in [3.05, 3.63) is 59.7 Å². The Bertz CT molecular complexity index is 552. The predicted octanol–water partition coefficient (Wildman–Crippen LogP) is 3.19. The molecule has 0 atom stereocenters. The molecular weight excluding hydrogens is 332 g/mol. The lowest BCUT2D eigenvalue weighted by atomic mass is 9.78. The first kappa shape index (κ1) is 22.0. The molecule has 5 heteroatoms. The number of phenolic OH excluding ortho intramolecular Hbond substituents is 2. The molecule has 0 spiro atoms. The Balaban J connectivity index is 0.000000321. The Morgan fingerprint density at radius 2 is 1.04 bits per heavy atom. The van der Waals surface area contributed by atoms with Crippen LogP contribution in [0.3, 0.4) is 0 Å². The molecule has 26 heavy (non-hydrogen) atoms. The molecule has 0 aliphatic heterocycles. The van der Waals surface area contributed by atoms with Crippen LogP contribution in [0.25, 0.3) is 0 Å². The largest absolute Gasteiger partial charge is 0.508 e. The zero-order chi connectivity index (χ0) is 19.4. The van der Waals surface area contributed by atoms with E-state index >= 15 is 0 Å². The third kappa shape index (κ3) is 7.44. The number of aliphatic hydroxyl groups excluding tert-OH is 2. The topological polar surface area (TPSA) is 90.2 Å². The van der Waals surface area contributed by atoms with Crippen molar-refractivity contribution >= 4 is 0 Å². The Kier molecular flexibility index (Phi) is 9.73. The van der Waals surface area contributed by atoms with E-state index in [0.29, 0.717) is 26.1 Å². The monoisotopic (exact) mass is 362 g/mol. The maximum absolute atomic E-state index is 9.30. The first-order valence-corrected chi connectivity index (χ1v) is 8.80. The van der Waals surface area contributed by atoms with Crippen molar-refractivity contribution in [3.63, 3.8) is 0 Å². The average Bonchev–Trinajstić information content (AvgIpc) is 2.63. The summed E-state index contributed by atoms with van der Waals surface area (Å²) in [6.07, 6.45) is 1.37. The van der Waals surface area contributed by atoms with Gasteiger partial charge in [0.1, 0.15) is 11.5 Å². The standard InChI is InChI=1S/C15H16O2.C6H14O3/c1-15(2,11-3-7-13(16)8-4-11)12-5-9-14(17)10-6-12;7-3-1-5-9-6-2-4-8/h3-10,16-17H,1-2H3;7-8H,1-6H2. The van der Waals surface area contributed by atoms with Crippen LogP contribution < -0.4 is 0 Å². The summed E-state index contributed by atoms with van der Waals surface area (Å²) in [4.78, 5) is 0. The molecule has 4 N–H and O–H groups in total. The van der Waals surface area contributed by atoms with E-state index in [1.807, 2.05) is 24.3 Å². The zero-order valence-corrected chi connectivity index (χ0v) is 15.6. The third-order valence-electron chi connectivity index (χ3n) is 4.07. The lowest BCUT2D eigenvalue weighted by Crippen LogP contribution is -2.18. The molecule has 0 saturated carbocycles. The molecule has 0 radical (unpaired) electrons. The van der Waals surface area contributed by atoms with Crippen molar-refractivity contribution in [3.8, 4) is 11.5 Å². The minimum absolute atomic E-state index is 0.151. The van der Waals surface area contributed by atoms with Crippen molar-refractivity contribution in [2.45, 2.75) is 32.1 Å². The molecule has 0 aliphatic rings. The van der Waals surface area contributed by atoms with Crippen molar-refractivity contribution in [1.29, 1.82) is 0 Å². The summed E-state index contributed by atoms with van der Waals surface area (Å²) < 4.78 is 4.99. The van der Waals surface area contributed by atoms with E-state index in [9.17, 15) is 10.2 Å². The predicted molar refractivity (Wildman–Crippen MR) is 103 cm³/mol. The highest BCUT2D eigenvalue weighted by Crippen LogP contribution is 2.32. The maximum Gasteiger partial charge on any atom is 0.115 e. The number of phenols is 2. The molecular formula is C21H30O5. The average molecular weight is 362 g/mol. The van der Waals surface area contributed by atoms with Crippen LogP contribution in [-0.2, 0) is 10.2 Å². The molecule has 0 unspecified atom stereocenters. The highest BCUT2D eigenvalue weighted by Gasteiger charge is 2.22. The molecule has 0 aromatic heterocycles. The Morgan fingerprint density at radius 3 is 1.35 bits per heavy atom. The fourth-order valence-electron chi connectivity index (χ4n) is 2.36. The van der Waals surface area contributed by atoms with E-state index < -0.39 is 0 Å². The van der Waals surface area contributed by atoms with Crippen LogP contribution in [-0.4, -0.2) is 46.9 Å². The second kappa shape index (κ2) is 11.5. The van der Waals surface area contributed by atoms with Crippen molar-refractivity contribution in [2.75, 3.05) is 26.4 Å². The maximum atomic E-state index is 9.30. The number of rotatable bonds is 8. The van der Waals surface area contributed by atoms with Gasteiger partial charge in [-0.05, 0) is 48.2 Å². The highest BCUT2D eigenvalue weighted by molar-refractivity contribution is 5.41. The molecule has 144 valence electrons. The summed E-state index contributed by atoms with van der Waals surface area (Å²) >= 11 is 0. The summed E-state index contributed by atoms with van der Waals surface area (Å²) in [7, 11) is 0. The minimum atomic E-state index is -0.151. The number of hydrogen-bond acceptors (Lipinski definition) is 5. The molecule has 5 nitrogen and oxygen atoms in total. The van der Waals surface area contributed by atoms with E-state index in [1.54, 1.807) is 24.3 Å². The van der Waals surface area contributed by atoms with Crippen molar-refractivity contribution < 1.29 is 25.2 Å². The zero-order valence-electron chi connectivity index (χ0n) is 15.6. The molecule has 2 rings (SSSR count). The first-order valence-electron chi connectivity index (χ1n) is 8.80. The van der Waals surface area contributed by atoms with E-state index in [4.69, 9.17) is 14.9 Å². The molecule has 2 aromatic carbocycles. The van der Waals surface area contributed by atoms with Gasteiger partial charge >= 0.3 is 0 Å². The number of aromatic hydroxyl groups is 2. The Morgan fingerprint density at radius 1 is 0.692 bits per heavy atom. The summed E-state index contributed by atoms with van der Waals surface area (Å²) in [6.45, 7) is 5.78. The number of aliphatic hydroxyl groups is 2. The Labute approximate surface area is 155 Å². The van der Waals surface area contributed by atoms with E-state index in [2.05, 4.69) is 13.8 Å². The quantitative estimate of drug-likeness (QED) is 0.542. The normalized spacial score (nSPS) is 10.9. The summed E-state index contributed by atoms with van der Waals surface area (Å²) in [5.41, 5.74) is 2.10. The van der Waals surface area contributed by atoms with E-state index in [-0.39, 0.29) is 30.1 Å². The summed E-state index contributed by atoms with van der Waals surface area (Å²) in [5.74, 6) is 0.547. The molecule has 0 heterocycles. The van der Waals surface area contributed by atoms with Gasteiger partial charge in [-0.3, -0.25) is 0 Å². The van der Waals surface area contributed by atoms with Gasteiger partial charge in [-0.2, -0.15) is 0 Å². The van der Waals surface area contributed by atoms with Gasteiger partial charge in [-0.25, -0.2) is 0 Å². The summed E-state index contributed by atoms with van der Waals surface area (Å²) in [5, 5.41) is 35.2. The van der Waals surface area contributed by atoms with Gasteiger partial charge < -0.3 is 25.2 Å². The third-order valence-corrected chi connectivity index (χ3v) is 4.07. The van der Waals surface area contributed by atoms with Gasteiger partial charge in [0.15, 0.2) is 0 Å². The molecule has 2 aromatic rings. The SMILES string of the molecule is CC(C)(c1ccc(O)cc1)c1ccc(O)cc1.OCCCOCCCO. The second-order valence-corrected chi connectivity index (χ2v) is 6.49. The lowest BCUT2D eigenvalue weighted by molar-refractivity contribution is 0.102. The van der Waals surface area contributed by atoms with Crippen LogP contribution in [0.5, 0.6) is 11.5 Å². The number of ether oxygens (including phenoxy) is 1. The number of hydrogen-bond donors (Lipinski definition) is 4. The lowest BCUT2D eigenvalue weighted by Gasteiger charge is -2.26. The summed E-state index contributed by atoms with van der Waals surface area (Å²) in [6, 6.07) is 14.4. The van der Waals surface area contributed by atoms with Gasteiger partial charge in [0, 0.05) is 31.8 Å². The van der Waals surface area contributed by atoms with Crippen LogP contribution in [0.15, 0.2) is 48.5 Å². The van der Waals surface area contributed by atoms with Gasteiger partial charge in [-0.1, -0.05) is 38.1 Å². The van der Waals surface area contributed by atoms with Crippen LogP contribution in [0.1, 0.15) is 37.8 Å². The van der Waals surface area contributed by atoms with Crippen LogP contribution in [0.2, 0.25) is 0 Å². The number of benzene rings is 2. The van der Waals surface area contributed by atoms with Crippen LogP contribution in [0.4, 0.5) is 0 Å². The smallest absolute Gasteiger partial charge is 0.115 e. The van der Waals surface area contributed by atoms with Crippen molar-refractivity contribution in [1.82, 2.24) is 0 Å². The molecule has 0 fully saturated rings. The van der Waals surface area contributed by atoms with Gasteiger partial charge in [0.2, 0.25) is 0 Å². The molecule has 0 bridgehead atoms. The second-order valence-electron chi connectivity index (χ2n) is 6.49. The van der Waals surface area contributed by atoms with Crippen molar-refractivity contribution in [2.24, 2.45) is 0 Å². The van der Waals surface area contributed by atoms with Gasteiger partial charge in [0.05, 0.1) is 0 Å². The Hall–Kier alpha value is -2.08. The minimum Gasteiger partial charge on any atom is -0.508 e. The van der Waals surface area contributed by atoms with Gasteiger partial charge in [-0.15, -0.1) is 0 Å². The van der Waals surface area contributed by atoms with E-state index in [1.165, 1.54) is 0 Å². The fourth-order valence-corrected chi connectivity index (χ4v) is 2.36. The first-order chi connectivity index (χ1) is 12.4. The van der Waals surface area contributed by atoms with Crippen LogP contribution >= 0.6 is 0 Å². The highest BCUT2D eigenvalue weighted by atomic mass is 16.5. The van der Waals surface area contributed by atoms with Gasteiger partial charge in [0.25, 0.3) is 0 Å². The van der Waals surface area contributed by atoms with E-state index in [0.717, 1.165) is 11.1 Å². The van der Waals surface area contributed by atoms with Crippen LogP contribution in [0, 0.1) is 0 Å². The molecule has 0 saturated heterocycles. The fraction of sp³-hybridized carbons (Fsp3) is 0.429.